The van der Waals surface area contributed by atoms with Crippen LogP contribution in [0.15, 0.2) is 54.9 Å². The maximum absolute atomic E-state index is 13.1. The second-order valence-corrected chi connectivity index (χ2v) is 6.29. The number of pyridine rings is 2. The van der Waals surface area contributed by atoms with Gasteiger partial charge in [-0.05, 0) is 54.8 Å². The van der Waals surface area contributed by atoms with Crippen LogP contribution in [0.2, 0.25) is 0 Å². The van der Waals surface area contributed by atoms with Crippen LogP contribution in [0.25, 0.3) is 10.9 Å². The van der Waals surface area contributed by atoms with Crippen molar-refractivity contribution in [1.82, 2.24) is 14.9 Å². The van der Waals surface area contributed by atoms with Gasteiger partial charge in [0, 0.05) is 36.9 Å². The van der Waals surface area contributed by atoms with Crippen molar-refractivity contribution >= 4 is 22.6 Å². The van der Waals surface area contributed by atoms with Gasteiger partial charge < -0.3 is 10.2 Å². The number of hydrogen-bond acceptors (Lipinski definition) is 4. The zero-order valence-corrected chi connectivity index (χ0v) is 14.1. The quantitative estimate of drug-likeness (QED) is 0.795. The van der Waals surface area contributed by atoms with E-state index < -0.39 is 0 Å². The number of nitrogens with zero attached hydrogens (tertiary/aromatic N) is 3. The molecule has 5 nitrogen and oxygen atoms in total. The number of hydrogen-bond donors (Lipinski definition) is 1. The van der Waals surface area contributed by atoms with Crippen LogP contribution < -0.4 is 5.32 Å². The lowest BCUT2D eigenvalue weighted by atomic mass is 10.0. The number of benzene rings is 1. The highest BCUT2D eigenvalue weighted by Crippen LogP contribution is 2.34. The topological polar surface area (TPSA) is 58.1 Å². The summed E-state index contributed by atoms with van der Waals surface area (Å²) in [6.45, 7) is 0.784. The van der Waals surface area contributed by atoms with Gasteiger partial charge in [-0.25, -0.2) is 4.98 Å². The molecule has 1 aliphatic rings. The van der Waals surface area contributed by atoms with E-state index in [1.807, 2.05) is 54.4 Å². The summed E-state index contributed by atoms with van der Waals surface area (Å²) in [4.78, 5) is 23.7. The third-order valence-electron chi connectivity index (χ3n) is 4.79. The Morgan fingerprint density at radius 2 is 2.08 bits per heavy atom. The highest BCUT2D eigenvalue weighted by Gasteiger charge is 2.30. The summed E-state index contributed by atoms with van der Waals surface area (Å²) in [5.41, 5.74) is 2.76. The van der Waals surface area contributed by atoms with Crippen molar-refractivity contribution in [3.63, 3.8) is 0 Å². The fourth-order valence-corrected chi connectivity index (χ4v) is 3.52. The molecule has 1 fully saturated rings. The second-order valence-electron chi connectivity index (χ2n) is 6.29. The Balaban J connectivity index is 1.65. The van der Waals surface area contributed by atoms with Gasteiger partial charge in [-0.1, -0.05) is 6.07 Å². The molecule has 0 aliphatic carbocycles. The van der Waals surface area contributed by atoms with Crippen LogP contribution in [0, 0.1) is 0 Å². The monoisotopic (exact) mass is 332 g/mol. The maximum atomic E-state index is 13.1. The van der Waals surface area contributed by atoms with E-state index in [0.717, 1.165) is 47.2 Å². The van der Waals surface area contributed by atoms with Gasteiger partial charge in [0.25, 0.3) is 5.91 Å². The van der Waals surface area contributed by atoms with Crippen LogP contribution in [0.1, 0.15) is 34.8 Å². The molecular weight excluding hydrogens is 312 g/mol. The van der Waals surface area contributed by atoms with Gasteiger partial charge in [-0.15, -0.1) is 0 Å². The molecular formula is C20H20N4O. The standard InChI is InChI=1S/C20H20N4O/c1-21-19-13-15(8-10-23-19)18-5-3-11-24(18)20(25)16-6-7-17-14(12-16)4-2-9-22-17/h2,4,6-10,12-13,18H,3,5,11H2,1H3,(H,21,23)/t18-/m0/s1. The van der Waals surface area contributed by atoms with E-state index in [1.165, 1.54) is 0 Å². The van der Waals surface area contributed by atoms with Gasteiger partial charge in [0.15, 0.2) is 0 Å². The Morgan fingerprint density at radius 3 is 2.96 bits per heavy atom. The molecule has 1 N–H and O–H groups in total. The van der Waals surface area contributed by atoms with Gasteiger partial charge in [-0.3, -0.25) is 9.78 Å². The van der Waals surface area contributed by atoms with Crippen LogP contribution in [0.4, 0.5) is 5.82 Å². The van der Waals surface area contributed by atoms with E-state index >= 15 is 0 Å². The molecule has 3 aromatic rings. The highest BCUT2D eigenvalue weighted by atomic mass is 16.2. The van der Waals surface area contributed by atoms with Crippen LogP contribution in [-0.2, 0) is 0 Å². The van der Waals surface area contributed by atoms with E-state index in [9.17, 15) is 4.79 Å². The molecule has 0 unspecified atom stereocenters. The summed E-state index contributed by atoms with van der Waals surface area (Å²) < 4.78 is 0. The lowest BCUT2D eigenvalue weighted by molar-refractivity contribution is 0.0736. The first-order valence-electron chi connectivity index (χ1n) is 8.56. The molecule has 0 radical (unpaired) electrons. The molecule has 3 heterocycles. The molecule has 0 saturated carbocycles. The number of amides is 1. The summed E-state index contributed by atoms with van der Waals surface area (Å²) >= 11 is 0. The molecule has 2 aromatic heterocycles. The predicted octanol–water partition coefficient (Wildman–Crippen LogP) is 3.65. The van der Waals surface area contributed by atoms with Crippen molar-refractivity contribution in [3.05, 3.63) is 66.0 Å². The normalized spacial score (nSPS) is 17.0. The third-order valence-corrected chi connectivity index (χ3v) is 4.79. The van der Waals surface area contributed by atoms with Gasteiger partial charge in [0.1, 0.15) is 5.82 Å². The van der Waals surface area contributed by atoms with E-state index in [4.69, 9.17) is 0 Å². The number of aromatic nitrogens is 2. The van der Waals surface area contributed by atoms with Crippen molar-refractivity contribution < 1.29 is 4.79 Å². The zero-order valence-electron chi connectivity index (χ0n) is 14.1. The molecule has 1 saturated heterocycles. The summed E-state index contributed by atoms with van der Waals surface area (Å²) in [7, 11) is 1.85. The van der Waals surface area contributed by atoms with E-state index in [2.05, 4.69) is 15.3 Å². The number of nitrogens with one attached hydrogen (secondary N) is 1. The molecule has 25 heavy (non-hydrogen) atoms. The zero-order chi connectivity index (χ0) is 17.2. The SMILES string of the molecule is CNc1cc([C@@H]2CCCN2C(=O)c2ccc3ncccc3c2)ccn1. The lowest BCUT2D eigenvalue weighted by Gasteiger charge is -2.25. The average molecular weight is 332 g/mol. The smallest absolute Gasteiger partial charge is 0.254 e. The number of likely N-dealkylation sites (tertiary alicyclic amines) is 1. The first-order chi connectivity index (χ1) is 12.3. The summed E-state index contributed by atoms with van der Waals surface area (Å²) in [5, 5.41) is 4.06. The Labute approximate surface area is 146 Å². The van der Waals surface area contributed by atoms with Gasteiger partial charge in [0.2, 0.25) is 0 Å². The molecule has 1 amide bonds. The Kier molecular flexibility index (Phi) is 4.06. The summed E-state index contributed by atoms with van der Waals surface area (Å²) in [6, 6.07) is 13.7. The lowest BCUT2D eigenvalue weighted by Crippen LogP contribution is -2.30. The van der Waals surface area contributed by atoms with E-state index in [0.29, 0.717) is 0 Å². The molecule has 1 aromatic carbocycles. The minimum absolute atomic E-state index is 0.0797. The van der Waals surface area contributed by atoms with E-state index in [-0.39, 0.29) is 11.9 Å². The molecule has 5 heteroatoms. The molecule has 1 atom stereocenters. The van der Waals surface area contributed by atoms with Crippen molar-refractivity contribution in [2.24, 2.45) is 0 Å². The molecule has 126 valence electrons. The number of rotatable bonds is 3. The van der Waals surface area contributed by atoms with Crippen molar-refractivity contribution in [3.8, 4) is 0 Å². The maximum Gasteiger partial charge on any atom is 0.254 e. The first-order valence-corrected chi connectivity index (χ1v) is 8.56. The second kappa shape index (κ2) is 6.51. The highest BCUT2D eigenvalue weighted by molar-refractivity contribution is 5.98. The van der Waals surface area contributed by atoms with Crippen molar-refractivity contribution in [2.75, 3.05) is 18.9 Å². The van der Waals surface area contributed by atoms with E-state index in [1.54, 1.807) is 12.4 Å². The van der Waals surface area contributed by atoms with Gasteiger partial charge in [0.05, 0.1) is 11.6 Å². The van der Waals surface area contributed by atoms with Crippen molar-refractivity contribution in [1.29, 1.82) is 0 Å². The van der Waals surface area contributed by atoms with Gasteiger partial charge >= 0.3 is 0 Å². The summed E-state index contributed by atoms with van der Waals surface area (Å²) in [6.07, 6.45) is 5.56. The Morgan fingerprint density at radius 1 is 1.16 bits per heavy atom. The number of carbonyl (C=O) groups excluding carboxylic acids is 1. The number of anilines is 1. The van der Waals surface area contributed by atoms with Crippen LogP contribution in [-0.4, -0.2) is 34.4 Å². The third kappa shape index (κ3) is 2.93. The summed E-state index contributed by atoms with van der Waals surface area (Å²) in [5.74, 6) is 0.907. The number of carbonyl (C=O) groups is 1. The molecule has 4 rings (SSSR count). The average Bonchev–Trinajstić information content (AvgIpc) is 3.17. The minimum atomic E-state index is 0.0797. The number of fused-ring (bicyclic) bond motifs is 1. The van der Waals surface area contributed by atoms with Crippen molar-refractivity contribution in [2.45, 2.75) is 18.9 Å². The van der Waals surface area contributed by atoms with Gasteiger partial charge in [-0.2, -0.15) is 0 Å². The first kappa shape index (κ1) is 15.6. The minimum Gasteiger partial charge on any atom is -0.373 e. The Hall–Kier alpha value is -2.95. The van der Waals surface area contributed by atoms with Crippen LogP contribution in [0.5, 0.6) is 0 Å². The van der Waals surface area contributed by atoms with Crippen LogP contribution in [0.3, 0.4) is 0 Å². The molecule has 1 aliphatic heterocycles. The largest absolute Gasteiger partial charge is 0.373 e. The Bertz CT molecular complexity index is 924. The predicted molar refractivity (Wildman–Crippen MR) is 98.5 cm³/mol. The molecule has 0 spiro atoms. The molecule has 0 bridgehead atoms. The fraction of sp³-hybridized carbons (Fsp3) is 0.250. The van der Waals surface area contributed by atoms with Crippen LogP contribution >= 0.6 is 0 Å². The fourth-order valence-electron chi connectivity index (χ4n) is 3.52.